The quantitative estimate of drug-likeness (QED) is 0.546. The largest absolute Gasteiger partial charge is 0.496 e. The fourth-order valence-electron chi connectivity index (χ4n) is 2.34. The Bertz CT molecular complexity index is 768. The topological polar surface area (TPSA) is 71.1 Å². The van der Waals surface area contributed by atoms with Crippen LogP contribution in [0.2, 0.25) is 10.0 Å². The predicted molar refractivity (Wildman–Crippen MR) is 105 cm³/mol. The smallest absolute Gasteiger partial charge is 0.306 e. The molecule has 2 aromatic rings. The molecule has 2 aromatic carbocycles. The molecule has 0 aliphatic rings. The number of carbonyl (C=O) groups is 2. The van der Waals surface area contributed by atoms with Gasteiger partial charge in [0.05, 0.1) is 27.1 Å². The zero-order chi connectivity index (χ0) is 20.5. The molecule has 8 heteroatoms. The minimum Gasteiger partial charge on any atom is -0.496 e. The zero-order valence-electron chi connectivity index (χ0n) is 15.5. The van der Waals surface area contributed by atoms with E-state index < -0.39 is 11.9 Å². The minimum atomic E-state index is -0.516. The van der Waals surface area contributed by atoms with Crippen LogP contribution < -0.4 is 9.47 Å². The molecule has 28 heavy (non-hydrogen) atoms. The van der Waals surface area contributed by atoms with Crippen molar-refractivity contribution in [1.29, 1.82) is 0 Å². The number of benzene rings is 2. The van der Waals surface area contributed by atoms with Crippen LogP contribution >= 0.6 is 23.2 Å². The Hall–Kier alpha value is -2.44. The number of halogens is 2. The minimum absolute atomic E-state index is 0.0240. The normalized spacial score (nSPS) is 10.3. The van der Waals surface area contributed by atoms with Crippen LogP contribution in [0.15, 0.2) is 36.4 Å². The van der Waals surface area contributed by atoms with Crippen LogP contribution in [0, 0.1) is 0 Å². The molecule has 0 radical (unpaired) electrons. The number of esters is 2. The van der Waals surface area contributed by atoms with Crippen molar-refractivity contribution in [3.8, 4) is 11.5 Å². The second-order valence-corrected chi connectivity index (χ2v) is 6.61. The van der Waals surface area contributed by atoms with Gasteiger partial charge in [0.1, 0.15) is 24.7 Å². The molecule has 0 aromatic heterocycles. The molecule has 0 spiro atoms. The SMILES string of the molecule is COc1cc(Cl)ccc1COC(=O)CCC(=O)OCc1ccc(Cl)cc1OC. The maximum Gasteiger partial charge on any atom is 0.306 e. The van der Waals surface area contributed by atoms with Gasteiger partial charge in [0.15, 0.2) is 0 Å². The monoisotopic (exact) mass is 426 g/mol. The van der Waals surface area contributed by atoms with Gasteiger partial charge in [-0.25, -0.2) is 0 Å². The molecule has 0 aliphatic carbocycles. The predicted octanol–water partition coefficient (Wildman–Crippen LogP) is 4.58. The molecule has 0 saturated carbocycles. The second kappa shape index (κ2) is 10.8. The highest BCUT2D eigenvalue weighted by Crippen LogP contribution is 2.25. The summed E-state index contributed by atoms with van der Waals surface area (Å²) in [5.41, 5.74) is 1.36. The Balaban J connectivity index is 1.76. The molecule has 0 unspecified atom stereocenters. The van der Waals surface area contributed by atoms with Crippen LogP contribution in [0.4, 0.5) is 0 Å². The fraction of sp³-hybridized carbons (Fsp3) is 0.300. The first-order valence-corrected chi connectivity index (χ1v) is 9.14. The highest BCUT2D eigenvalue weighted by molar-refractivity contribution is 6.31. The zero-order valence-corrected chi connectivity index (χ0v) is 17.0. The molecule has 0 aliphatic heterocycles. The van der Waals surface area contributed by atoms with Crippen molar-refractivity contribution in [3.63, 3.8) is 0 Å². The summed E-state index contributed by atoms with van der Waals surface area (Å²) in [4.78, 5) is 23.7. The van der Waals surface area contributed by atoms with Crippen LogP contribution in [-0.2, 0) is 32.3 Å². The molecule has 0 atom stereocenters. The summed E-state index contributed by atoms with van der Waals surface area (Å²) in [6.45, 7) is 0.0480. The number of carbonyl (C=O) groups excluding carboxylic acids is 2. The van der Waals surface area contributed by atoms with Gasteiger partial charge in [0.2, 0.25) is 0 Å². The highest BCUT2D eigenvalue weighted by atomic mass is 35.5. The van der Waals surface area contributed by atoms with E-state index in [1.807, 2.05) is 0 Å². The summed E-state index contributed by atoms with van der Waals surface area (Å²) < 4.78 is 20.7. The van der Waals surface area contributed by atoms with Crippen molar-refractivity contribution in [3.05, 3.63) is 57.6 Å². The molecule has 0 amide bonds. The average Bonchev–Trinajstić information content (AvgIpc) is 2.70. The van der Waals surface area contributed by atoms with Gasteiger partial charge in [-0.3, -0.25) is 9.59 Å². The van der Waals surface area contributed by atoms with Gasteiger partial charge in [-0.1, -0.05) is 35.3 Å². The van der Waals surface area contributed by atoms with Crippen LogP contribution in [0.3, 0.4) is 0 Å². The van der Waals surface area contributed by atoms with Crippen molar-refractivity contribution >= 4 is 35.1 Å². The lowest BCUT2D eigenvalue weighted by Gasteiger charge is -2.11. The Morgan fingerprint density at radius 2 is 1.14 bits per heavy atom. The van der Waals surface area contributed by atoms with E-state index in [0.29, 0.717) is 32.7 Å². The van der Waals surface area contributed by atoms with Gasteiger partial charge in [-0.15, -0.1) is 0 Å². The van der Waals surface area contributed by atoms with E-state index in [-0.39, 0.29) is 26.1 Å². The van der Waals surface area contributed by atoms with Crippen molar-refractivity contribution < 1.29 is 28.5 Å². The summed E-state index contributed by atoms with van der Waals surface area (Å²) in [6.07, 6.45) is -0.182. The lowest BCUT2D eigenvalue weighted by Crippen LogP contribution is -2.11. The molecular formula is C20H20Cl2O6. The molecule has 0 fully saturated rings. The van der Waals surface area contributed by atoms with E-state index in [1.165, 1.54) is 14.2 Å². The molecule has 0 saturated heterocycles. The number of rotatable bonds is 9. The molecule has 150 valence electrons. The van der Waals surface area contributed by atoms with Gasteiger partial charge in [0.25, 0.3) is 0 Å². The van der Waals surface area contributed by atoms with Gasteiger partial charge in [-0.2, -0.15) is 0 Å². The molecule has 0 bridgehead atoms. The van der Waals surface area contributed by atoms with Crippen molar-refractivity contribution in [2.24, 2.45) is 0 Å². The lowest BCUT2D eigenvalue weighted by molar-refractivity contribution is -0.151. The third-order valence-electron chi connectivity index (χ3n) is 3.81. The summed E-state index contributed by atoms with van der Waals surface area (Å²) in [6, 6.07) is 10.0. The Morgan fingerprint density at radius 3 is 1.50 bits per heavy atom. The summed E-state index contributed by atoms with van der Waals surface area (Å²) in [5, 5.41) is 1.04. The molecular weight excluding hydrogens is 407 g/mol. The Labute approximate surface area is 173 Å². The van der Waals surface area contributed by atoms with E-state index in [0.717, 1.165) is 0 Å². The molecule has 0 heterocycles. The number of methoxy groups -OCH3 is 2. The van der Waals surface area contributed by atoms with Crippen LogP contribution in [0.1, 0.15) is 24.0 Å². The van der Waals surface area contributed by atoms with Crippen molar-refractivity contribution in [2.45, 2.75) is 26.1 Å². The lowest BCUT2D eigenvalue weighted by atomic mass is 10.2. The van der Waals surface area contributed by atoms with Crippen molar-refractivity contribution in [1.82, 2.24) is 0 Å². The van der Waals surface area contributed by atoms with Crippen LogP contribution in [-0.4, -0.2) is 26.2 Å². The van der Waals surface area contributed by atoms with E-state index in [4.69, 9.17) is 42.1 Å². The second-order valence-electron chi connectivity index (χ2n) is 5.73. The summed E-state index contributed by atoms with van der Waals surface area (Å²) >= 11 is 11.8. The van der Waals surface area contributed by atoms with E-state index in [2.05, 4.69) is 0 Å². The van der Waals surface area contributed by atoms with Gasteiger partial charge >= 0.3 is 11.9 Å². The van der Waals surface area contributed by atoms with Gasteiger partial charge < -0.3 is 18.9 Å². The Kier molecular flexibility index (Phi) is 8.42. The summed E-state index contributed by atoms with van der Waals surface area (Å²) in [5.74, 6) is 0.0179. The average molecular weight is 427 g/mol. The van der Waals surface area contributed by atoms with E-state index >= 15 is 0 Å². The standard InChI is InChI=1S/C20H20Cl2O6/c1-25-17-9-15(21)5-3-13(17)11-27-19(23)7-8-20(24)28-12-14-4-6-16(22)10-18(14)26-2/h3-6,9-10H,7-8,11-12H2,1-2H3. The maximum atomic E-state index is 11.9. The van der Waals surface area contributed by atoms with Gasteiger partial charge in [-0.05, 0) is 24.3 Å². The van der Waals surface area contributed by atoms with Crippen LogP contribution in [0.5, 0.6) is 11.5 Å². The molecule has 0 N–H and O–H groups in total. The first kappa shape index (κ1) is 21.9. The molecule has 6 nitrogen and oxygen atoms in total. The maximum absolute atomic E-state index is 11.9. The first-order valence-electron chi connectivity index (χ1n) is 8.39. The molecule has 2 rings (SSSR count). The van der Waals surface area contributed by atoms with E-state index in [1.54, 1.807) is 36.4 Å². The summed E-state index contributed by atoms with van der Waals surface area (Å²) in [7, 11) is 3.01. The Morgan fingerprint density at radius 1 is 0.750 bits per heavy atom. The highest BCUT2D eigenvalue weighted by Gasteiger charge is 2.13. The number of hydrogen-bond acceptors (Lipinski definition) is 6. The third kappa shape index (κ3) is 6.62. The van der Waals surface area contributed by atoms with Crippen molar-refractivity contribution in [2.75, 3.05) is 14.2 Å². The van der Waals surface area contributed by atoms with Crippen LogP contribution in [0.25, 0.3) is 0 Å². The fourth-order valence-corrected chi connectivity index (χ4v) is 2.66. The number of ether oxygens (including phenoxy) is 4. The first-order chi connectivity index (χ1) is 13.4. The third-order valence-corrected chi connectivity index (χ3v) is 4.28. The number of hydrogen-bond donors (Lipinski definition) is 0. The van der Waals surface area contributed by atoms with E-state index in [9.17, 15) is 9.59 Å². The van der Waals surface area contributed by atoms with Gasteiger partial charge in [0, 0.05) is 21.2 Å².